The maximum atomic E-state index is 12.7. The van der Waals surface area contributed by atoms with Gasteiger partial charge in [0.25, 0.3) is 0 Å². The number of hydrogen-bond acceptors (Lipinski definition) is 6. The molecule has 3 fully saturated rings. The number of ether oxygens (including phenoxy) is 2. The van der Waals surface area contributed by atoms with Gasteiger partial charge in [0.2, 0.25) is 5.89 Å². The van der Waals surface area contributed by atoms with Crippen LogP contribution in [0, 0.1) is 5.92 Å². The fourth-order valence-corrected chi connectivity index (χ4v) is 4.91. The molecule has 1 saturated carbocycles. The summed E-state index contributed by atoms with van der Waals surface area (Å²) in [6.45, 7) is 2.70. The normalized spacial score (nSPS) is 22.7. The van der Waals surface area contributed by atoms with Gasteiger partial charge in [-0.1, -0.05) is 17.3 Å². The van der Waals surface area contributed by atoms with Gasteiger partial charge in [-0.3, -0.25) is 0 Å². The second-order valence-corrected chi connectivity index (χ2v) is 9.41. The molecule has 8 nitrogen and oxygen atoms in total. The van der Waals surface area contributed by atoms with Crippen LogP contribution in [0.3, 0.4) is 0 Å². The molecule has 3 heterocycles. The molecule has 1 aromatic heterocycles. The zero-order valence-electron chi connectivity index (χ0n) is 18.7. The number of rotatable bonds is 6. The van der Waals surface area contributed by atoms with Gasteiger partial charge in [0.1, 0.15) is 5.75 Å². The molecule has 1 unspecified atom stereocenters. The third kappa shape index (κ3) is 4.90. The van der Waals surface area contributed by atoms with Crippen molar-refractivity contribution in [3.05, 3.63) is 41.5 Å². The summed E-state index contributed by atoms with van der Waals surface area (Å²) in [7, 11) is 1.65. The van der Waals surface area contributed by atoms with Gasteiger partial charge in [0.05, 0.1) is 12.7 Å². The molecule has 1 atom stereocenters. The van der Waals surface area contributed by atoms with Gasteiger partial charge in [-0.05, 0) is 62.1 Å². The first-order chi connectivity index (χ1) is 15.6. The molecule has 1 N–H and O–H groups in total. The highest BCUT2D eigenvalue weighted by molar-refractivity contribution is 5.74. The minimum Gasteiger partial charge on any atom is -0.497 e. The van der Waals surface area contributed by atoms with Crippen LogP contribution in [-0.4, -0.2) is 53.5 Å². The van der Waals surface area contributed by atoms with E-state index in [1.54, 1.807) is 7.11 Å². The Morgan fingerprint density at radius 3 is 2.72 bits per heavy atom. The Balaban J connectivity index is 1.09. The Bertz CT molecular complexity index is 916. The zero-order chi connectivity index (χ0) is 22.0. The van der Waals surface area contributed by atoms with E-state index < -0.39 is 0 Å². The van der Waals surface area contributed by atoms with E-state index >= 15 is 0 Å². The second kappa shape index (κ2) is 9.10. The summed E-state index contributed by atoms with van der Waals surface area (Å²) < 4.78 is 16.9. The standard InChI is InChI=1S/C24H32N4O4/c1-30-20-6-2-17(3-7-20)16-25-23(29)28-11-9-24(10-12-28)15-18(8-13-31-24)14-21-26-22(27-32-21)19-4-5-19/h2-3,6-7,18-19H,4-5,8-16H2,1H3,(H,25,29). The number of carbonyl (C=O) groups excluding carboxylic acids is 1. The van der Waals surface area contributed by atoms with Gasteiger partial charge >= 0.3 is 6.03 Å². The lowest BCUT2D eigenvalue weighted by Crippen LogP contribution is -2.52. The summed E-state index contributed by atoms with van der Waals surface area (Å²) >= 11 is 0. The van der Waals surface area contributed by atoms with Crippen molar-refractivity contribution in [2.24, 2.45) is 5.92 Å². The molecule has 2 saturated heterocycles. The molecule has 1 aliphatic carbocycles. The molecule has 172 valence electrons. The summed E-state index contributed by atoms with van der Waals surface area (Å²) in [5.74, 6) is 3.48. The van der Waals surface area contributed by atoms with Crippen LogP contribution in [-0.2, 0) is 17.7 Å². The molecule has 8 heteroatoms. The molecular formula is C24H32N4O4. The van der Waals surface area contributed by atoms with E-state index in [9.17, 15) is 4.79 Å². The van der Waals surface area contributed by atoms with E-state index in [2.05, 4.69) is 15.5 Å². The number of methoxy groups -OCH3 is 1. The van der Waals surface area contributed by atoms with Crippen LogP contribution in [0.15, 0.2) is 28.8 Å². The van der Waals surface area contributed by atoms with Crippen LogP contribution in [0.1, 0.15) is 61.7 Å². The molecule has 1 spiro atoms. The quantitative estimate of drug-likeness (QED) is 0.737. The summed E-state index contributed by atoms with van der Waals surface area (Å²) in [5.41, 5.74) is 0.923. The molecule has 32 heavy (non-hydrogen) atoms. The van der Waals surface area contributed by atoms with E-state index in [0.717, 1.165) is 61.7 Å². The lowest BCUT2D eigenvalue weighted by atomic mass is 9.78. The van der Waals surface area contributed by atoms with Gasteiger partial charge in [-0.2, -0.15) is 4.98 Å². The van der Waals surface area contributed by atoms with Crippen LogP contribution >= 0.6 is 0 Å². The maximum absolute atomic E-state index is 12.7. The first kappa shape index (κ1) is 21.2. The topological polar surface area (TPSA) is 89.7 Å². The van der Waals surface area contributed by atoms with Crippen molar-refractivity contribution in [3.8, 4) is 5.75 Å². The Kier molecular flexibility index (Phi) is 6.04. The summed E-state index contributed by atoms with van der Waals surface area (Å²) in [5, 5.41) is 7.18. The first-order valence-corrected chi connectivity index (χ1v) is 11.7. The predicted octanol–water partition coefficient (Wildman–Crippen LogP) is 3.67. The van der Waals surface area contributed by atoms with Gasteiger partial charge < -0.3 is 24.2 Å². The highest BCUT2D eigenvalue weighted by Gasteiger charge is 2.41. The molecule has 3 aliphatic rings. The molecule has 5 rings (SSSR count). The van der Waals surface area contributed by atoms with Crippen LogP contribution in [0.5, 0.6) is 5.75 Å². The molecule has 0 bridgehead atoms. The summed E-state index contributed by atoms with van der Waals surface area (Å²) in [6.07, 6.45) is 6.96. The van der Waals surface area contributed by atoms with Crippen LogP contribution in [0.2, 0.25) is 0 Å². The number of piperidine rings is 1. The molecule has 2 aromatic rings. The SMILES string of the molecule is COc1ccc(CNC(=O)N2CCC3(CC2)CC(Cc2nc(C4CC4)no2)CCO3)cc1. The average Bonchev–Trinajstić information content (AvgIpc) is 3.57. The number of hydrogen-bond donors (Lipinski definition) is 1. The lowest BCUT2D eigenvalue weighted by Gasteiger charge is -2.46. The van der Waals surface area contributed by atoms with Crippen molar-refractivity contribution < 1.29 is 18.8 Å². The maximum Gasteiger partial charge on any atom is 0.317 e. The van der Waals surface area contributed by atoms with E-state index in [0.29, 0.717) is 31.5 Å². The fraction of sp³-hybridized carbons (Fsp3) is 0.625. The minimum absolute atomic E-state index is 0.0125. The van der Waals surface area contributed by atoms with E-state index in [1.165, 1.54) is 12.8 Å². The zero-order valence-corrected chi connectivity index (χ0v) is 18.7. The number of amides is 2. The third-order valence-electron chi connectivity index (χ3n) is 7.05. The van der Waals surface area contributed by atoms with Gasteiger partial charge in [0.15, 0.2) is 5.82 Å². The number of likely N-dealkylation sites (tertiary alicyclic amines) is 1. The summed E-state index contributed by atoms with van der Waals surface area (Å²) in [6, 6.07) is 7.74. The van der Waals surface area contributed by atoms with Gasteiger partial charge in [-0.15, -0.1) is 0 Å². The van der Waals surface area contributed by atoms with Crippen molar-refractivity contribution in [1.82, 2.24) is 20.4 Å². The van der Waals surface area contributed by atoms with Crippen molar-refractivity contribution in [2.45, 2.75) is 63.0 Å². The highest BCUT2D eigenvalue weighted by atomic mass is 16.5. The lowest BCUT2D eigenvalue weighted by molar-refractivity contribution is -0.123. The predicted molar refractivity (Wildman–Crippen MR) is 117 cm³/mol. The van der Waals surface area contributed by atoms with Gasteiger partial charge in [0, 0.05) is 38.6 Å². The molecule has 2 aliphatic heterocycles. The first-order valence-electron chi connectivity index (χ1n) is 11.7. The molecule has 1 aromatic carbocycles. The van der Waals surface area contributed by atoms with E-state index in [1.807, 2.05) is 29.2 Å². The molecular weight excluding hydrogens is 408 g/mol. The van der Waals surface area contributed by atoms with Crippen LogP contribution < -0.4 is 10.1 Å². The third-order valence-corrected chi connectivity index (χ3v) is 7.05. The monoisotopic (exact) mass is 440 g/mol. The average molecular weight is 441 g/mol. The number of carbonyl (C=O) groups is 1. The Morgan fingerprint density at radius 1 is 1.22 bits per heavy atom. The second-order valence-electron chi connectivity index (χ2n) is 9.41. The van der Waals surface area contributed by atoms with E-state index in [-0.39, 0.29) is 11.6 Å². The van der Waals surface area contributed by atoms with Crippen LogP contribution in [0.4, 0.5) is 4.79 Å². The Hall–Kier alpha value is -2.61. The van der Waals surface area contributed by atoms with E-state index in [4.69, 9.17) is 14.0 Å². The molecule has 0 radical (unpaired) electrons. The number of nitrogens with one attached hydrogen (secondary N) is 1. The van der Waals surface area contributed by atoms with Crippen LogP contribution in [0.25, 0.3) is 0 Å². The van der Waals surface area contributed by atoms with Crippen molar-refractivity contribution in [3.63, 3.8) is 0 Å². The molecule has 2 amide bonds. The number of aromatic nitrogens is 2. The Morgan fingerprint density at radius 2 is 2.00 bits per heavy atom. The number of benzene rings is 1. The highest BCUT2D eigenvalue weighted by Crippen LogP contribution is 2.40. The number of nitrogens with zero attached hydrogens (tertiary/aromatic N) is 3. The van der Waals surface area contributed by atoms with Crippen molar-refractivity contribution in [2.75, 3.05) is 26.8 Å². The smallest absolute Gasteiger partial charge is 0.317 e. The minimum atomic E-state index is -0.130. The van der Waals surface area contributed by atoms with Crippen molar-refractivity contribution >= 4 is 6.03 Å². The Labute approximate surface area is 188 Å². The fourth-order valence-electron chi connectivity index (χ4n) is 4.91. The summed E-state index contributed by atoms with van der Waals surface area (Å²) in [4.78, 5) is 19.2. The number of urea groups is 1. The van der Waals surface area contributed by atoms with Crippen molar-refractivity contribution in [1.29, 1.82) is 0 Å². The van der Waals surface area contributed by atoms with Gasteiger partial charge in [-0.25, -0.2) is 4.79 Å². The largest absolute Gasteiger partial charge is 0.497 e.